The van der Waals surface area contributed by atoms with Crippen LogP contribution in [0.1, 0.15) is 12.5 Å². The summed E-state index contributed by atoms with van der Waals surface area (Å²) in [5.74, 6) is 2.15. The molecule has 0 fully saturated rings. The third kappa shape index (κ3) is 4.66. The second-order valence-electron chi connectivity index (χ2n) is 3.53. The van der Waals surface area contributed by atoms with Crippen molar-refractivity contribution in [3.63, 3.8) is 0 Å². The molecule has 3 nitrogen and oxygen atoms in total. The van der Waals surface area contributed by atoms with Crippen LogP contribution in [-0.2, 0) is 17.3 Å². The van der Waals surface area contributed by atoms with E-state index in [0.29, 0.717) is 23.1 Å². The molecule has 0 spiro atoms. The molecule has 1 rings (SSSR count). The molecule has 1 N–H and O–H groups in total. The van der Waals surface area contributed by atoms with Gasteiger partial charge in [-0.15, -0.1) is 0 Å². The average Bonchev–Trinajstić information content (AvgIpc) is 2.35. The summed E-state index contributed by atoms with van der Waals surface area (Å²) in [6.07, 6.45) is 0. The van der Waals surface area contributed by atoms with E-state index >= 15 is 0 Å². The summed E-state index contributed by atoms with van der Waals surface area (Å²) >= 11 is 6.10. The van der Waals surface area contributed by atoms with Crippen LogP contribution in [0.2, 0.25) is 5.02 Å². The predicted octanol–water partition coefficient (Wildman–Crippen LogP) is 2.21. The first kappa shape index (κ1) is 14.5. The van der Waals surface area contributed by atoms with Gasteiger partial charge in [0.15, 0.2) is 0 Å². The molecule has 0 aliphatic rings. The summed E-state index contributed by atoms with van der Waals surface area (Å²) in [5.41, 5.74) is 0.943. The second-order valence-corrected chi connectivity index (χ2v) is 5.80. The van der Waals surface area contributed by atoms with Gasteiger partial charge >= 0.3 is 0 Å². The first-order valence-corrected chi connectivity index (χ1v) is 7.42. The van der Waals surface area contributed by atoms with E-state index in [9.17, 15) is 4.21 Å². The number of halogens is 1. The molecule has 96 valence electrons. The Bertz CT molecular complexity index is 385. The lowest BCUT2D eigenvalue weighted by atomic mass is 10.2. The fraction of sp³-hybridized carbons (Fsp3) is 0.500. The smallest absolute Gasteiger partial charge is 0.124 e. The van der Waals surface area contributed by atoms with E-state index in [4.69, 9.17) is 16.3 Å². The molecule has 0 aliphatic carbocycles. The molecule has 0 aliphatic heterocycles. The Hall–Kier alpha value is -0.580. The third-order valence-corrected chi connectivity index (χ3v) is 4.08. The first-order valence-electron chi connectivity index (χ1n) is 5.56. The van der Waals surface area contributed by atoms with Gasteiger partial charge in [0, 0.05) is 46.0 Å². The number of ether oxygens (including phenoxy) is 1. The van der Waals surface area contributed by atoms with E-state index in [1.165, 1.54) is 0 Å². The molecule has 0 amide bonds. The van der Waals surface area contributed by atoms with Crippen LogP contribution in [0.5, 0.6) is 5.75 Å². The van der Waals surface area contributed by atoms with Gasteiger partial charge in [0.2, 0.25) is 0 Å². The van der Waals surface area contributed by atoms with E-state index in [2.05, 4.69) is 5.32 Å². The van der Waals surface area contributed by atoms with Crippen molar-refractivity contribution in [3.8, 4) is 5.75 Å². The number of benzene rings is 1. The molecule has 0 bridgehead atoms. The molecule has 0 heterocycles. The fourth-order valence-electron chi connectivity index (χ4n) is 1.45. The van der Waals surface area contributed by atoms with Crippen LogP contribution in [0.3, 0.4) is 0 Å². The van der Waals surface area contributed by atoms with Gasteiger partial charge in [0.25, 0.3) is 0 Å². The lowest BCUT2D eigenvalue weighted by molar-refractivity contribution is 0.408. The molecule has 1 atom stereocenters. The van der Waals surface area contributed by atoms with Crippen LogP contribution in [0.4, 0.5) is 0 Å². The zero-order valence-corrected chi connectivity index (χ0v) is 11.7. The maximum absolute atomic E-state index is 11.2. The van der Waals surface area contributed by atoms with Gasteiger partial charge in [-0.25, -0.2) is 0 Å². The van der Waals surface area contributed by atoms with Crippen LogP contribution >= 0.6 is 11.6 Å². The van der Waals surface area contributed by atoms with Gasteiger partial charge in [-0.1, -0.05) is 24.6 Å². The number of rotatable bonds is 7. The van der Waals surface area contributed by atoms with Gasteiger partial charge in [0.05, 0.1) is 7.11 Å². The highest BCUT2D eigenvalue weighted by Gasteiger charge is 2.06. The lowest BCUT2D eigenvalue weighted by Gasteiger charge is -2.11. The van der Waals surface area contributed by atoms with Gasteiger partial charge < -0.3 is 10.1 Å². The van der Waals surface area contributed by atoms with Crippen molar-refractivity contribution in [2.75, 3.05) is 25.2 Å². The summed E-state index contributed by atoms with van der Waals surface area (Å²) in [6, 6.07) is 5.58. The van der Waals surface area contributed by atoms with Gasteiger partial charge in [-0.2, -0.15) is 0 Å². The summed E-state index contributed by atoms with van der Waals surface area (Å²) in [7, 11) is 0.902. The summed E-state index contributed by atoms with van der Waals surface area (Å²) in [4.78, 5) is 0. The molecule has 5 heteroatoms. The Balaban J connectivity index is 2.48. The van der Waals surface area contributed by atoms with E-state index < -0.39 is 10.8 Å². The Morgan fingerprint density at radius 1 is 1.47 bits per heavy atom. The zero-order valence-electron chi connectivity index (χ0n) is 10.2. The quantitative estimate of drug-likeness (QED) is 0.776. The van der Waals surface area contributed by atoms with E-state index in [0.717, 1.165) is 17.9 Å². The summed E-state index contributed by atoms with van der Waals surface area (Å²) < 4.78 is 16.5. The minimum Gasteiger partial charge on any atom is -0.496 e. The van der Waals surface area contributed by atoms with Crippen molar-refractivity contribution in [2.24, 2.45) is 0 Å². The van der Waals surface area contributed by atoms with Crippen molar-refractivity contribution in [3.05, 3.63) is 28.8 Å². The number of hydrogen-bond acceptors (Lipinski definition) is 3. The number of hydrogen-bond donors (Lipinski definition) is 1. The maximum Gasteiger partial charge on any atom is 0.124 e. The molecular formula is C12H18ClNO2S. The summed E-state index contributed by atoms with van der Waals surface area (Å²) in [6.45, 7) is 3.27. The van der Waals surface area contributed by atoms with Gasteiger partial charge in [-0.3, -0.25) is 4.21 Å². The fourth-order valence-corrected chi connectivity index (χ4v) is 2.34. The van der Waals surface area contributed by atoms with Crippen LogP contribution < -0.4 is 10.1 Å². The van der Waals surface area contributed by atoms with Crippen LogP contribution in [0.15, 0.2) is 18.2 Å². The van der Waals surface area contributed by atoms with E-state index in [1.807, 2.05) is 25.1 Å². The molecule has 0 saturated carbocycles. The van der Waals surface area contributed by atoms with Crippen LogP contribution in [0, 0.1) is 0 Å². The number of nitrogens with one attached hydrogen (secondary N) is 1. The van der Waals surface area contributed by atoms with Crippen molar-refractivity contribution in [2.45, 2.75) is 13.5 Å². The highest BCUT2D eigenvalue weighted by molar-refractivity contribution is 7.84. The zero-order chi connectivity index (χ0) is 12.7. The minimum atomic E-state index is -0.724. The molecule has 17 heavy (non-hydrogen) atoms. The monoisotopic (exact) mass is 275 g/mol. The highest BCUT2D eigenvalue weighted by atomic mass is 35.5. The van der Waals surface area contributed by atoms with E-state index in [1.54, 1.807) is 7.11 Å². The number of methoxy groups -OCH3 is 1. The van der Waals surface area contributed by atoms with Gasteiger partial charge in [-0.05, 0) is 12.1 Å². The molecule has 1 aromatic rings. The van der Waals surface area contributed by atoms with Crippen molar-refractivity contribution < 1.29 is 8.95 Å². The maximum atomic E-state index is 11.2. The average molecular weight is 276 g/mol. The van der Waals surface area contributed by atoms with Crippen molar-refractivity contribution in [1.29, 1.82) is 0 Å². The van der Waals surface area contributed by atoms with Gasteiger partial charge in [0.1, 0.15) is 5.75 Å². The highest BCUT2D eigenvalue weighted by Crippen LogP contribution is 2.25. The minimum absolute atomic E-state index is 0.629. The largest absolute Gasteiger partial charge is 0.496 e. The van der Waals surface area contributed by atoms with Crippen molar-refractivity contribution in [1.82, 2.24) is 5.32 Å². The molecule has 1 aromatic carbocycles. The van der Waals surface area contributed by atoms with Crippen molar-refractivity contribution >= 4 is 22.4 Å². The first-order chi connectivity index (χ1) is 8.19. The van der Waals surface area contributed by atoms with Crippen LogP contribution in [-0.4, -0.2) is 29.4 Å². The molecule has 0 aromatic heterocycles. The molecule has 0 saturated heterocycles. The lowest BCUT2D eigenvalue weighted by Crippen LogP contribution is -2.21. The normalized spacial score (nSPS) is 12.4. The van der Waals surface area contributed by atoms with E-state index in [-0.39, 0.29) is 0 Å². The Morgan fingerprint density at radius 2 is 2.24 bits per heavy atom. The SMILES string of the molecule is CCS(=O)CCNCc1c(Cl)cccc1OC. The Morgan fingerprint density at radius 3 is 2.88 bits per heavy atom. The third-order valence-electron chi connectivity index (χ3n) is 2.43. The standard InChI is InChI=1S/C12H18ClNO2S/c1-3-17(15)8-7-14-9-10-11(13)5-4-6-12(10)16-2/h4-6,14H,3,7-9H2,1-2H3. The molecule has 1 unspecified atom stereocenters. The predicted molar refractivity (Wildman–Crippen MR) is 73.3 cm³/mol. The molecular weight excluding hydrogens is 258 g/mol. The molecule has 0 radical (unpaired) electrons. The summed E-state index contributed by atoms with van der Waals surface area (Å²) in [5, 5.41) is 3.91. The van der Waals surface area contributed by atoms with Crippen LogP contribution in [0.25, 0.3) is 0 Å². The second kappa shape index (κ2) is 7.69. The Kier molecular flexibility index (Phi) is 6.55. The Labute approximate surface area is 110 Å². The topological polar surface area (TPSA) is 38.3 Å².